The number of carbonyl (C=O) groups excluding carboxylic acids is 1. The SMILES string of the molecule is COC(=O)C1=C(C(F)(F)F)Oc2c(OC)cccc2C1NS(=O)(=O)c1ccc(C)cc1. The van der Waals surface area contributed by atoms with Crippen LogP contribution in [0.25, 0.3) is 0 Å². The molecule has 0 radical (unpaired) electrons. The van der Waals surface area contributed by atoms with Crippen molar-refractivity contribution in [3.8, 4) is 11.5 Å². The molecular formula is C20H18F3NO6S. The van der Waals surface area contributed by atoms with Crippen molar-refractivity contribution in [1.82, 2.24) is 4.72 Å². The number of carbonyl (C=O) groups is 1. The highest BCUT2D eigenvalue weighted by Crippen LogP contribution is 2.47. The Kier molecular flexibility index (Phi) is 6.01. The van der Waals surface area contributed by atoms with Crippen LogP contribution < -0.4 is 14.2 Å². The summed E-state index contributed by atoms with van der Waals surface area (Å²) in [5.74, 6) is -3.50. The van der Waals surface area contributed by atoms with Crippen LogP contribution in [0.15, 0.2) is 58.7 Å². The highest BCUT2D eigenvalue weighted by Gasteiger charge is 2.49. The Labute approximate surface area is 176 Å². The maximum absolute atomic E-state index is 13.8. The van der Waals surface area contributed by atoms with E-state index in [0.717, 1.165) is 12.7 Å². The van der Waals surface area contributed by atoms with Crippen LogP contribution in [0, 0.1) is 6.92 Å². The number of rotatable bonds is 5. The van der Waals surface area contributed by atoms with Gasteiger partial charge in [0.15, 0.2) is 11.5 Å². The van der Waals surface area contributed by atoms with Crippen LogP contribution >= 0.6 is 0 Å². The number of esters is 1. The highest BCUT2D eigenvalue weighted by molar-refractivity contribution is 7.89. The Morgan fingerprint density at radius 1 is 1.10 bits per heavy atom. The first-order valence-electron chi connectivity index (χ1n) is 8.83. The maximum Gasteiger partial charge on any atom is 0.450 e. The van der Waals surface area contributed by atoms with Gasteiger partial charge in [-0.1, -0.05) is 29.8 Å². The smallest absolute Gasteiger partial charge is 0.450 e. The molecule has 2 aromatic carbocycles. The van der Waals surface area contributed by atoms with Crippen molar-refractivity contribution in [2.24, 2.45) is 0 Å². The average molecular weight is 457 g/mol. The van der Waals surface area contributed by atoms with Crippen molar-refractivity contribution in [3.05, 3.63) is 64.9 Å². The van der Waals surface area contributed by atoms with Gasteiger partial charge in [0.1, 0.15) is 5.57 Å². The summed E-state index contributed by atoms with van der Waals surface area (Å²) in [6, 6.07) is 8.04. The third kappa shape index (κ3) is 4.37. The van der Waals surface area contributed by atoms with Gasteiger partial charge >= 0.3 is 12.1 Å². The Hall–Kier alpha value is -3.05. The van der Waals surface area contributed by atoms with Gasteiger partial charge in [0.25, 0.3) is 0 Å². The van der Waals surface area contributed by atoms with E-state index in [1.165, 1.54) is 49.6 Å². The summed E-state index contributed by atoms with van der Waals surface area (Å²) in [5, 5.41) is 0. The van der Waals surface area contributed by atoms with Crippen molar-refractivity contribution in [1.29, 1.82) is 0 Å². The molecule has 11 heteroatoms. The first-order chi connectivity index (χ1) is 14.5. The zero-order valence-electron chi connectivity index (χ0n) is 16.6. The van der Waals surface area contributed by atoms with E-state index in [0.29, 0.717) is 0 Å². The summed E-state index contributed by atoms with van der Waals surface area (Å²) in [4.78, 5) is 12.2. The lowest BCUT2D eigenvalue weighted by Gasteiger charge is -2.31. The number of nitrogens with one attached hydrogen (secondary N) is 1. The fourth-order valence-electron chi connectivity index (χ4n) is 3.07. The summed E-state index contributed by atoms with van der Waals surface area (Å²) in [5.41, 5.74) is -0.274. The van der Waals surface area contributed by atoms with Crippen molar-refractivity contribution >= 4 is 16.0 Å². The fourth-order valence-corrected chi connectivity index (χ4v) is 4.25. The van der Waals surface area contributed by atoms with Gasteiger partial charge in [-0.3, -0.25) is 0 Å². The number of ether oxygens (including phenoxy) is 3. The molecule has 3 rings (SSSR count). The van der Waals surface area contributed by atoms with E-state index in [1.807, 2.05) is 0 Å². The molecule has 0 fully saturated rings. The summed E-state index contributed by atoms with van der Waals surface area (Å²) in [6.45, 7) is 1.75. The zero-order valence-corrected chi connectivity index (χ0v) is 17.4. The van der Waals surface area contributed by atoms with Crippen LogP contribution in [0.5, 0.6) is 11.5 Å². The molecule has 0 saturated carbocycles. The van der Waals surface area contributed by atoms with Crippen LogP contribution in [-0.4, -0.2) is 34.8 Å². The molecule has 0 aliphatic carbocycles. The van der Waals surface area contributed by atoms with Crippen LogP contribution in [0.4, 0.5) is 13.2 Å². The summed E-state index contributed by atoms with van der Waals surface area (Å²) >= 11 is 0. The van der Waals surface area contributed by atoms with Gasteiger partial charge < -0.3 is 14.2 Å². The largest absolute Gasteiger partial charge is 0.493 e. The van der Waals surface area contributed by atoms with Gasteiger partial charge in [0, 0.05) is 5.56 Å². The van der Waals surface area contributed by atoms with E-state index in [1.54, 1.807) is 6.92 Å². The lowest BCUT2D eigenvalue weighted by Crippen LogP contribution is -2.38. The Morgan fingerprint density at radius 3 is 2.29 bits per heavy atom. The van der Waals surface area contributed by atoms with E-state index in [9.17, 15) is 26.4 Å². The summed E-state index contributed by atoms with van der Waals surface area (Å²) < 4.78 is 84.0. The third-order valence-corrected chi connectivity index (χ3v) is 5.98. The standard InChI is InChI=1S/C20H18F3NO6S/c1-11-7-9-12(10-8-11)31(26,27)24-16-13-5-4-6-14(28-2)17(13)30-18(20(21,22)23)15(16)19(25)29-3/h4-10,16,24H,1-3H3. The molecule has 1 unspecified atom stereocenters. The Balaban J connectivity index is 2.24. The number of fused-ring (bicyclic) bond motifs is 1. The molecule has 1 atom stereocenters. The molecule has 7 nitrogen and oxygen atoms in total. The number of aryl methyl sites for hydroxylation is 1. The molecule has 1 aliphatic heterocycles. The third-order valence-electron chi connectivity index (χ3n) is 4.54. The van der Waals surface area contributed by atoms with Gasteiger partial charge in [-0.05, 0) is 25.1 Å². The molecule has 0 amide bonds. The number of hydrogen-bond donors (Lipinski definition) is 1. The van der Waals surface area contributed by atoms with E-state index in [2.05, 4.69) is 9.46 Å². The molecule has 1 N–H and O–H groups in total. The molecule has 0 aromatic heterocycles. The van der Waals surface area contributed by atoms with Crippen molar-refractivity contribution in [2.45, 2.75) is 24.0 Å². The minimum absolute atomic E-state index is 0.0385. The first-order valence-corrected chi connectivity index (χ1v) is 10.3. The van der Waals surface area contributed by atoms with Gasteiger partial charge in [-0.15, -0.1) is 0 Å². The lowest BCUT2D eigenvalue weighted by atomic mass is 9.94. The number of hydrogen-bond acceptors (Lipinski definition) is 6. The van der Waals surface area contributed by atoms with Gasteiger partial charge in [-0.25, -0.2) is 13.2 Å². The van der Waals surface area contributed by atoms with Gasteiger partial charge in [0.05, 0.1) is 25.2 Å². The Bertz CT molecular complexity index is 1140. The molecule has 0 saturated heterocycles. The van der Waals surface area contributed by atoms with Gasteiger partial charge in [0.2, 0.25) is 15.8 Å². The summed E-state index contributed by atoms with van der Waals surface area (Å²) in [6.07, 6.45) is -5.12. The number of allylic oxidation sites excluding steroid dienone is 1. The van der Waals surface area contributed by atoms with E-state index < -0.39 is 39.5 Å². The van der Waals surface area contributed by atoms with Crippen molar-refractivity contribution in [2.75, 3.05) is 14.2 Å². The average Bonchev–Trinajstić information content (AvgIpc) is 2.71. The monoisotopic (exact) mass is 457 g/mol. The van der Waals surface area contributed by atoms with E-state index >= 15 is 0 Å². The van der Waals surface area contributed by atoms with Gasteiger partial charge in [-0.2, -0.15) is 17.9 Å². The minimum Gasteiger partial charge on any atom is -0.493 e. The molecule has 166 valence electrons. The fraction of sp³-hybridized carbons (Fsp3) is 0.250. The minimum atomic E-state index is -5.12. The number of methoxy groups -OCH3 is 2. The molecule has 2 aromatic rings. The molecule has 0 spiro atoms. The second kappa shape index (κ2) is 8.23. The Morgan fingerprint density at radius 2 is 1.74 bits per heavy atom. The van der Waals surface area contributed by atoms with Crippen molar-refractivity contribution in [3.63, 3.8) is 0 Å². The lowest BCUT2D eigenvalue weighted by molar-refractivity contribution is -0.141. The second-order valence-corrected chi connectivity index (χ2v) is 8.29. The molecular weight excluding hydrogens is 439 g/mol. The van der Waals surface area contributed by atoms with Crippen LogP contribution in [0.1, 0.15) is 17.2 Å². The maximum atomic E-state index is 13.8. The topological polar surface area (TPSA) is 90.9 Å². The predicted octanol–water partition coefficient (Wildman–Crippen LogP) is 3.41. The van der Waals surface area contributed by atoms with E-state index in [4.69, 9.17) is 9.47 Å². The van der Waals surface area contributed by atoms with Crippen molar-refractivity contribution < 1.29 is 40.6 Å². The molecule has 31 heavy (non-hydrogen) atoms. The normalized spacial score (nSPS) is 16.4. The quantitative estimate of drug-likeness (QED) is 0.692. The number of sulfonamides is 1. The zero-order chi connectivity index (χ0) is 23.0. The number of halogens is 3. The summed E-state index contributed by atoms with van der Waals surface area (Å²) in [7, 11) is -2.23. The number of para-hydroxylation sites is 1. The molecule has 0 bridgehead atoms. The van der Waals surface area contributed by atoms with E-state index in [-0.39, 0.29) is 22.0 Å². The predicted molar refractivity (Wildman–Crippen MR) is 103 cm³/mol. The number of alkyl halides is 3. The van der Waals surface area contributed by atoms with Crippen LogP contribution in [0.2, 0.25) is 0 Å². The first kappa shape index (κ1) is 22.6. The number of benzene rings is 2. The molecule has 1 heterocycles. The molecule has 1 aliphatic rings. The van der Waals surface area contributed by atoms with Crippen LogP contribution in [0.3, 0.4) is 0 Å². The second-order valence-electron chi connectivity index (χ2n) is 6.58. The highest BCUT2D eigenvalue weighted by atomic mass is 32.2. The van der Waals surface area contributed by atoms with Crippen LogP contribution in [-0.2, 0) is 19.6 Å².